The average molecular weight is 424 g/mol. The van der Waals surface area contributed by atoms with Crippen LogP contribution in [0.3, 0.4) is 0 Å². The summed E-state index contributed by atoms with van der Waals surface area (Å²) in [6.45, 7) is 4.07. The van der Waals surface area contributed by atoms with Crippen molar-refractivity contribution < 1.29 is 20.1 Å². The molecule has 4 unspecified atom stereocenters. The van der Waals surface area contributed by atoms with E-state index in [-0.39, 0.29) is 11.6 Å². The van der Waals surface area contributed by atoms with Crippen LogP contribution in [0.4, 0.5) is 5.82 Å². The van der Waals surface area contributed by atoms with Crippen molar-refractivity contribution in [2.24, 2.45) is 0 Å². The molecular formula is C21H30ClN3O4. The van der Waals surface area contributed by atoms with E-state index in [1.54, 1.807) is 20.2 Å². The number of aliphatic hydroxyl groups is 3. The van der Waals surface area contributed by atoms with Crippen LogP contribution in [0.2, 0.25) is 0 Å². The van der Waals surface area contributed by atoms with E-state index in [1.807, 2.05) is 19.1 Å². The number of methoxy groups -OCH3 is 1. The number of aryl methyl sites for hydroxylation is 2. The number of benzene rings is 1. The van der Waals surface area contributed by atoms with Gasteiger partial charge in [0.05, 0.1) is 17.8 Å². The van der Waals surface area contributed by atoms with E-state index in [1.165, 1.54) is 10.8 Å². The molecule has 160 valence electrons. The summed E-state index contributed by atoms with van der Waals surface area (Å²) in [5.41, 5.74) is 3.60. The molecular weight excluding hydrogens is 394 g/mol. The predicted octanol–water partition coefficient (Wildman–Crippen LogP) is 2.96. The first-order valence-electron chi connectivity index (χ1n) is 9.54. The molecule has 0 amide bonds. The Morgan fingerprint density at radius 2 is 1.97 bits per heavy atom. The predicted molar refractivity (Wildman–Crippen MR) is 115 cm³/mol. The van der Waals surface area contributed by atoms with Crippen LogP contribution >= 0.6 is 11.6 Å². The number of nitrogens with zero attached hydrogens (tertiary/aromatic N) is 1. The molecule has 0 saturated heterocycles. The van der Waals surface area contributed by atoms with E-state index in [4.69, 9.17) is 21.7 Å². The second-order valence-electron chi connectivity index (χ2n) is 7.04. The van der Waals surface area contributed by atoms with Crippen LogP contribution in [0, 0.1) is 12.3 Å². The van der Waals surface area contributed by atoms with E-state index in [9.17, 15) is 15.3 Å². The van der Waals surface area contributed by atoms with E-state index in [2.05, 4.69) is 18.3 Å². The molecule has 4 atom stereocenters. The Bertz CT molecular complexity index is 839. The maximum absolute atomic E-state index is 10.6. The van der Waals surface area contributed by atoms with Crippen molar-refractivity contribution in [3.63, 3.8) is 0 Å². The fourth-order valence-corrected chi connectivity index (χ4v) is 3.69. The van der Waals surface area contributed by atoms with Crippen molar-refractivity contribution in [3.8, 4) is 0 Å². The van der Waals surface area contributed by atoms with Crippen LogP contribution in [0.15, 0.2) is 30.5 Å². The highest BCUT2D eigenvalue weighted by Crippen LogP contribution is 2.30. The van der Waals surface area contributed by atoms with Gasteiger partial charge in [0.15, 0.2) is 6.23 Å². The number of hydrogen-bond acceptors (Lipinski definition) is 6. The third kappa shape index (κ3) is 5.18. The standard InChI is InChI=1S/C21H30ClN3O4/c1-5-13-10-12(2)6-7-14(13)17(29-4)11-16(26)18(27)21(28)25-9-8-15(19(22)23)20(25)24-3/h6-10,16-18,21,23-24,26-28H,5,11H2,1-4H3. The third-order valence-electron chi connectivity index (χ3n) is 5.14. The van der Waals surface area contributed by atoms with Crippen molar-refractivity contribution >= 4 is 22.6 Å². The molecule has 1 aromatic heterocycles. The Hall–Kier alpha value is -1.90. The fourth-order valence-electron chi connectivity index (χ4n) is 3.54. The minimum Gasteiger partial charge on any atom is -0.390 e. The number of halogens is 1. The Kier molecular flexibility index (Phi) is 8.24. The van der Waals surface area contributed by atoms with Gasteiger partial charge in [0.25, 0.3) is 0 Å². The highest BCUT2D eigenvalue weighted by Gasteiger charge is 2.31. The maximum atomic E-state index is 10.6. The van der Waals surface area contributed by atoms with Gasteiger partial charge in [-0.25, -0.2) is 0 Å². The number of aliphatic hydroxyl groups excluding tert-OH is 3. The van der Waals surface area contributed by atoms with Crippen molar-refractivity contribution in [1.29, 1.82) is 5.41 Å². The molecule has 2 aromatic rings. The maximum Gasteiger partial charge on any atom is 0.160 e. The molecule has 0 aliphatic carbocycles. The lowest BCUT2D eigenvalue weighted by atomic mass is 9.93. The van der Waals surface area contributed by atoms with Gasteiger partial charge in [-0.1, -0.05) is 42.3 Å². The smallest absolute Gasteiger partial charge is 0.160 e. The molecule has 1 aromatic carbocycles. The molecule has 0 fully saturated rings. The van der Waals surface area contributed by atoms with Gasteiger partial charge in [-0.05, 0) is 30.5 Å². The van der Waals surface area contributed by atoms with Gasteiger partial charge in [0, 0.05) is 26.8 Å². The zero-order valence-corrected chi connectivity index (χ0v) is 17.9. The molecule has 1 heterocycles. The summed E-state index contributed by atoms with van der Waals surface area (Å²) in [6, 6.07) is 7.60. The van der Waals surface area contributed by atoms with Gasteiger partial charge >= 0.3 is 0 Å². The van der Waals surface area contributed by atoms with Crippen molar-refractivity contribution in [3.05, 3.63) is 52.7 Å². The highest BCUT2D eigenvalue weighted by molar-refractivity contribution is 6.69. The van der Waals surface area contributed by atoms with Crippen molar-refractivity contribution in [2.75, 3.05) is 19.5 Å². The summed E-state index contributed by atoms with van der Waals surface area (Å²) < 4.78 is 6.93. The summed E-state index contributed by atoms with van der Waals surface area (Å²) in [4.78, 5) is 0. The van der Waals surface area contributed by atoms with Crippen molar-refractivity contribution in [2.45, 2.75) is 51.2 Å². The first-order valence-corrected chi connectivity index (χ1v) is 9.92. The first kappa shape index (κ1) is 23.4. The summed E-state index contributed by atoms with van der Waals surface area (Å²) >= 11 is 5.76. The second kappa shape index (κ2) is 10.2. The van der Waals surface area contributed by atoms with E-state index in [0.717, 1.165) is 23.1 Å². The van der Waals surface area contributed by atoms with Crippen LogP contribution in [0.25, 0.3) is 0 Å². The van der Waals surface area contributed by atoms with Gasteiger partial charge < -0.3 is 29.9 Å². The van der Waals surface area contributed by atoms with Gasteiger partial charge in [0.2, 0.25) is 0 Å². The number of hydrogen-bond donors (Lipinski definition) is 5. The molecule has 0 saturated carbocycles. The lowest BCUT2D eigenvalue weighted by molar-refractivity contribution is -0.104. The molecule has 0 spiro atoms. The Morgan fingerprint density at radius 1 is 1.28 bits per heavy atom. The normalized spacial score (nSPS) is 15.6. The first-order chi connectivity index (χ1) is 13.7. The third-order valence-corrected chi connectivity index (χ3v) is 5.34. The van der Waals surface area contributed by atoms with Gasteiger partial charge in [-0.15, -0.1) is 0 Å². The minimum absolute atomic E-state index is 0.110. The highest BCUT2D eigenvalue weighted by atomic mass is 35.5. The lowest BCUT2D eigenvalue weighted by Gasteiger charge is -2.28. The molecule has 8 heteroatoms. The SMILES string of the molecule is CCc1cc(C)ccc1C(CC(O)C(O)C(O)n1ccc(C(=N)Cl)c1NC)OC. The minimum atomic E-state index is -1.47. The molecule has 0 aliphatic rings. The quantitative estimate of drug-likeness (QED) is 0.377. The molecule has 0 aliphatic heterocycles. The summed E-state index contributed by atoms with van der Waals surface area (Å²) in [5.74, 6) is 0.374. The van der Waals surface area contributed by atoms with Crippen molar-refractivity contribution in [1.82, 2.24) is 4.57 Å². The lowest BCUT2D eigenvalue weighted by Crippen LogP contribution is -2.36. The molecule has 2 rings (SSSR count). The number of anilines is 1. The summed E-state index contributed by atoms with van der Waals surface area (Å²) in [6.07, 6.45) is -2.14. The van der Waals surface area contributed by atoms with Crippen LogP contribution < -0.4 is 5.32 Å². The van der Waals surface area contributed by atoms with Crippen LogP contribution in [0.5, 0.6) is 0 Å². The Morgan fingerprint density at radius 3 is 2.52 bits per heavy atom. The van der Waals surface area contributed by atoms with Gasteiger partial charge in [0.1, 0.15) is 17.1 Å². The number of ether oxygens (including phenoxy) is 1. The molecule has 0 radical (unpaired) electrons. The topological polar surface area (TPSA) is 111 Å². The zero-order valence-electron chi connectivity index (χ0n) is 17.2. The van der Waals surface area contributed by atoms with E-state index in [0.29, 0.717) is 11.4 Å². The molecule has 5 N–H and O–H groups in total. The van der Waals surface area contributed by atoms with Crippen LogP contribution in [0.1, 0.15) is 47.9 Å². The summed E-state index contributed by atoms with van der Waals surface area (Å²) in [7, 11) is 3.18. The largest absolute Gasteiger partial charge is 0.390 e. The number of rotatable bonds is 10. The average Bonchev–Trinajstić information content (AvgIpc) is 3.15. The fraction of sp³-hybridized carbons (Fsp3) is 0.476. The van der Waals surface area contributed by atoms with Gasteiger partial charge in [-0.2, -0.15) is 0 Å². The monoisotopic (exact) mass is 423 g/mol. The molecule has 0 bridgehead atoms. The Balaban J connectivity index is 2.21. The molecule has 29 heavy (non-hydrogen) atoms. The second-order valence-corrected chi connectivity index (χ2v) is 7.41. The Labute approximate surface area is 176 Å². The number of aromatic nitrogens is 1. The van der Waals surface area contributed by atoms with Crippen LogP contribution in [-0.4, -0.2) is 51.4 Å². The van der Waals surface area contributed by atoms with E-state index < -0.39 is 24.5 Å². The number of nitrogens with one attached hydrogen (secondary N) is 2. The summed E-state index contributed by atoms with van der Waals surface area (Å²) in [5, 5.41) is 42.1. The van der Waals surface area contributed by atoms with Gasteiger partial charge in [-0.3, -0.25) is 5.41 Å². The zero-order chi connectivity index (χ0) is 21.7. The molecule has 7 nitrogen and oxygen atoms in total. The van der Waals surface area contributed by atoms with E-state index >= 15 is 0 Å². The van der Waals surface area contributed by atoms with Crippen LogP contribution in [-0.2, 0) is 11.2 Å².